The summed E-state index contributed by atoms with van der Waals surface area (Å²) in [6, 6.07) is 2.55. The lowest BCUT2D eigenvalue weighted by Gasteiger charge is -2.18. The van der Waals surface area contributed by atoms with E-state index in [0.29, 0.717) is 6.04 Å². The summed E-state index contributed by atoms with van der Waals surface area (Å²) in [5.41, 5.74) is 0. The average Bonchev–Trinajstić information content (AvgIpc) is 2.66. The molecule has 1 aliphatic carbocycles. The molecule has 0 bridgehead atoms. The number of nitrogens with one attached hydrogen (secondary N) is 2. The third-order valence-corrected chi connectivity index (χ3v) is 3.22. The molecule has 2 N–H and O–H groups in total. The molecule has 1 heterocycles. The highest BCUT2D eigenvalue weighted by Crippen LogP contribution is 2.27. The van der Waals surface area contributed by atoms with Crippen LogP contribution in [0.3, 0.4) is 0 Å². The molecule has 0 aromatic carbocycles. The van der Waals surface area contributed by atoms with Crippen molar-refractivity contribution in [1.82, 2.24) is 9.97 Å². The zero-order chi connectivity index (χ0) is 11.4. The normalized spacial score (nSPS) is 24.4. The highest BCUT2D eigenvalue weighted by atomic mass is 15.1. The largest absolute Gasteiger partial charge is 0.370 e. The van der Waals surface area contributed by atoms with Crippen molar-refractivity contribution < 1.29 is 0 Å². The molecule has 2 unspecified atom stereocenters. The molecule has 1 aromatic heterocycles. The van der Waals surface area contributed by atoms with Crippen LogP contribution < -0.4 is 10.6 Å². The first-order valence-electron chi connectivity index (χ1n) is 6.12. The quantitative estimate of drug-likeness (QED) is 0.818. The van der Waals surface area contributed by atoms with Gasteiger partial charge in [-0.2, -0.15) is 0 Å². The molecule has 88 valence electrons. The fraction of sp³-hybridized carbons (Fsp3) is 0.667. The fourth-order valence-corrected chi connectivity index (χ4v) is 2.26. The van der Waals surface area contributed by atoms with E-state index in [0.717, 1.165) is 24.1 Å². The Balaban J connectivity index is 2.00. The summed E-state index contributed by atoms with van der Waals surface area (Å²) >= 11 is 0. The molecule has 1 saturated carbocycles. The van der Waals surface area contributed by atoms with Crippen LogP contribution in [0.25, 0.3) is 0 Å². The van der Waals surface area contributed by atoms with Gasteiger partial charge in [0.2, 0.25) is 0 Å². The van der Waals surface area contributed by atoms with Gasteiger partial charge in [-0.05, 0) is 25.7 Å². The van der Waals surface area contributed by atoms with Crippen molar-refractivity contribution in [1.29, 1.82) is 0 Å². The van der Waals surface area contributed by atoms with Gasteiger partial charge in [0, 0.05) is 18.7 Å². The van der Waals surface area contributed by atoms with Gasteiger partial charge >= 0.3 is 0 Å². The highest BCUT2D eigenvalue weighted by molar-refractivity contribution is 5.47. The Kier molecular flexibility index (Phi) is 3.59. The third kappa shape index (κ3) is 2.62. The molecule has 0 spiro atoms. The van der Waals surface area contributed by atoms with Crippen LogP contribution in [0.4, 0.5) is 11.6 Å². The van der Waals surface area contributed by atoms with E-state index in [4.69, 9.17) is 0 Å². The monoisotopic (exact) mass is 220 g/mol. The first-order chi connectivity index (χ1) is 7.79. The standard InChI is InChI=1S/C12H20N4/c1-3-13-11-7-12(15-8-14-11)16-10-6-4-5-9(10)2/h7-10H,3-6H2,1-2H3,(H2,13,14,15,16). The minimum Gasteiger partial charge on any atom is -0.370 e. The van der Waals surface area contributed by atoms with Crippen LogP contribution in [0.15, 0.2) is 12.4 Å². The Labute approximate surface area is 96.9 Å². The van der Waals surface area contributed by atoms with Gasteiger partial charge in [0.05, 0.1) is 0 Å². The van der Waals surface area contributed by atoms with Gasteiger partial charge in [-0.3, -0.25) is 0 Å². The molecule has 0 radical (unpaired) electrons. The zero-order valence-corrected chi connectivity index (χ0v) is 10.0. The van der Waals surface area contributed by atoms with Gasteiger partial charge in [0.15, 0.2) is 0 Å². The Bertz CT molecular complexity index is 340. The maximum Gasteiger partial charge on any atom is 0.131 e. The van der Waals surface area contributed by atoms with Gasteiger partial charge in [0.1, 0.15) is 18.0 Å². The molecular formula is C12H20N4. The molecule has 4 heteroatoms. The topological polar surface area (TPSA) is 49.8 Å². The first-order valence-corrected chi connectivity index (χ1v) is 6.12. The molecule has 1 fully saturated rings. The Morgan fingerprint density at radius 2 is 2.12 bits per heavy atom. The van der Waals surface area contributed by atoms with E-state index < -0.39 is 0 Å². The second kappa shape index (κ2) is 5.14. The Morgan fingerprint density at radius 3 is 2.81 bits per heavy atom. The van der Waals surface area contributed by atoms with Crippen molar-refractivity contribution >= 4 is 11.6 Å². The third-order valence-electron chi connectivity index (χ3n) is 3.22. The maximum atomic E-state index is 4.26. The summed E-state index contributed by atoms with van der Waals surface area (Å²) in [5, 5.41) is 6.69. The van der Waals surface area contributed by atoms with E-state index in [9.17, 15) is 0 Å². The predicted octanol–water partition coefficient (Wildman–Crippen LogP) is 2.51. The predicted molar refractivity (Wildman–Crippen MR) is 66.6 cm³/mol. The molecule has 0 aliphatic heterocycles. The minimum atomic E-state index is 0.573. The summed E-state index contributed by atoms with van der Waals surface area (Å²) in [6.07, 6.45) is 5.51. The summed E-state index contributed by atoms with van der Waals surface area (Å²) < 4.78 is 0. The molecular weight excluding hydrogens is 200 g/mol. The Morgan fingerprint density at radius 1 is 1.31 bits per heavy atom. The van der Waals surface area contributed by atoms with Gasteiger partial charge in [-0.25, -0.2) is 9.97 Å². The molecule has 0 saturated heterocycles. The zero-order valence-electron chi connectivity index (χ0n) is 10.0. The Hall–Kier alpha value is -1.32. The number of rotatable bonds is 4. The van der Waals surface area contributed by atoms with E-state index in [1.807, 2.05) is 6.07 Å². The number of anilines is 2. The van der Waals surface area contributed by atoms with Crippen LogP contribution in [0.2, 0.25) is 0 Å². The molecule has 1 aromatic rings. The highest BCUT2D eigenvalue weighted by Gasteiger charge is 2.23. The van der Waals surface area contributed by atoms with Crippen LogP contribution in [-0.4, -0.2) is 22.6 Å². The summed E-state index contributed by atoms with van der Waals surface area (Å²) in [7, 11) is 0. The van der Waals surface area contributed by atoms with Crippen LogP contribution >= 0.6 is 0 Å². The lowest BCUT2D eigenvalue weighted by atomic mass is 10.1. The molecule has 4 nitrogen and oxygen atoms in total. The van der Waals surface area contributed by atoms with Gasteiger partial charge in [-0.15, -0.1) is 0 Å². The van der Waals surface area contributed by atoms with E-state index in [2.05, 4.69) is 34.4 Å². The van der Waals surface area contributed by atoms with Crippen LogP contribution in [0.5, 0.6) is 0 Å². The second-order valence-electron chi connectivity index (χ2n) is 4.48. The number of nitrogens with zero attached hydrogens (tertiary/aromatic N) is 2. The van der Waals surface area contributed by atoms with E-state index in [1.54, 1.807) is 6.33 Å². The minimum absolute atomic E-state index is 0.573. The van der Waals surface area contributed by atoms with E-state index in [1.165, 1.54) is 19.3 Å². The van der Waals surface area contributed by atoms with Crippen molar-refractivity contribution in [3.05, 3.63) is 12.4 Å². The SMILES string of the molecule is CCNc1cc(NC2CCCC2C)ncn1. The van der Waals surface area contributed by atoms with Gasteiger partial charge in [-0.1, -0.05) is 13.3 Å². The molecule has 16 heavy (non-hydrogen) atoms. The average molecular weight is 220 g/mol. The van der Waals surface area contributed by atoms with Crippen molar-refractivity contribution in [3.8, 4) is 0 Å². The molecule has 1 aliphatic rings. The van der Waals surface area contributed by atoms with Gasteiger partial charge in [0.25, 0.3) is 0 Å². The summed E-state index contributed by atoms with van der Waals surface area (Å²) in [6.45, 7) is 5.25. The maximum absolute atomic E-state index is 4.26. The molecule has 2 atom stereocenters. The number of hydrogen-bond donors (Lipinski definition) is 2. The van der Waals surface area contributed by atoms with Crippen LogP contribution in [0.1, 0.15) is 33.1 Å². The lowest BCUT2D eigenvalue weighted by molar-refractivity contribution is 0.555. The van der Waals surface area contributed by atoms with Crippen molar-refractivity contribution in [3.63, 3.8) is 0 Å². The van der Waals surface area contributed by atoms with Crippen LogP contribution in [0, 0.1) is 5.92 Å². The molecule has 0 amide bonds. The van der Waals surface area contributed by atoms with E-state index in [-0.39, 0.29) is 0 Å². The number of hydrogen-bond acceptors (Lipinski definition) is 4. The first kappa shape index (κ1) is 11.2. The van der Waals surface area contributed by atoms with E-state index >= 15 is 0 Å². The summed E-state index contributed by atoms with van der Waals surface area (Å²) in [5.74, 6) is 2.58. The van der Waals surface area contributed by atoms with Crippen molar-refractivity contribution in [2.24, 2.45) is 5.92 Å². The van der Waals surface area contributed by atoms with Gasteiger partial charge < -0.3 is 10.6 Å². The molecule has 2 rings (SSSR count). The second-order valence-corrected chi connectivity index (χ2v) is 4.48. The van der Waals surface area contributed by atoms with Crippen LogP contribution in [-0.2, 0) is 0 Å². The number of aromatic nitrogens is 2. The smallest absolute Gasteiger partial charge is 0.131 e. The lowest BCUT2D eigenvalue weighted by Crippen LogP contribution is -2.22. The fourth-order valence-electron chi connectivity index (χ4n) is 2.26. The van der Waals surface area contributed by atoms with Crippen molar-refractivity contribution in [2.45, 2.75) is 39.2 Å². The van der Waals surface area contributed by atoms with Crippen molar-refractivity contribution in [2.75, 3.05) is 17.2 Å². The summed E-state index contributed by atoms with van der Waals surface area (Å²) in [4.78, 5) is 8.42.